The number of hydrogen-bond acceptors (Lipinski definition) is 3. The number of pyridine rings is 1. The van der Waals surface area contributed by atoms with Crippen LogP contribution in [0.3, 0.4) is 0 Å². The molecule has 1 fully saturated rings. The molecule has 5 nitrogen and oxygen atoms in total. The van der Waals surface area contributed by atoms with Gasteiger partial charge in [0.05, 0.1) is 6.20 Å². The van der Waals surface area contributed by atoms with Gasteiger partial charge in [0, 0.05) is 49.7 Å². The summed E-state index contributed by atoms with van der Waals surface area (Å²) in [6.07, 6.45) is 11.8. The second-order valence-electron chi connectivity index (χ2n) is 6.73. The van der Waals surface area contributed by atoms with E-state index in [0.29, 0.717) is 0 Å². The van der Waals surface area contributed by atoms with Gasteiger partial charge in [-0.2, -0.15) is 5.10 Å². The van der Waals surface area contributed by atoms with Gasteiger partial charge in [0.1, 0.15) is 5.65 Å². The highest BCUT2D eigenvalue weighted by molar-refractivity contribution is 5.75. The molecule has 4 heterocycles. The Balaban J connectivity index is 1.40. The zero-order chi connectivity index (χ0) is 15.6. The molecule has 0 spiro atoms. The largest absolute Gasteiger partial charge is 0.346 e. The molecule has 0 saturated carbocycles. The lowest BCUT2D eigenvalue weighted by atomic mass is 9.91. The summed E-state index contributed by atoms with van der Waals surface area (Å²) in [6.45, 7) is 3.37. The Bertz CT molecular complexity index is 787. The maximum absolute atomic E-state index is 4.52. The van der Waals surface area contributed by atoms with Crippen molar-refractivity contribution < 1.29 is 0 Å². The van der Waals surface area contributed by atoms with E-state index in [4.69, 9.17) is 0 Å². The zero-order valence-electron chi connectivity index (χ0n) is 13.6. The van der Waals surface area contributed by atoms with Crippen molar-refractivity contribution in [3.05, 3.63) is 48.0 Å². The molecule has 0 aliphatic carbocycles. The van der Waals surface area contributed by atoms with Crippen LogP contribution in [0.2, 0.25) is 0 Å². The summed E-state index contributed by atoms with van der Waals surface area (Å²) in [5, 5.41) is 5.48. The van der Waals surface area contributed by atoms with E-state index in [1.54, 1.807) is 0 Å². The Morgan fingerprint density at radius 3 is 3.13 bits per heavy atom. The average molecular weight is 309 g/mol. The van der Waals surface area contributed by atoms with E-state index in [-0.39, 0.29) is 0 Å². The minimum atomic E-state index is 0.721. The molecule has 23 heavy (non-hydrogen) atoms. The Labute approximate surface area is 136 Å². The second kappa shape index (κ2) is 6.16. The average Bonchev–Trinajstić information content (AvgIpc) is 3.16. The monoisotopic (exact) mass is 309 g/mol. The molecule has 4 rings (SSSR count). The molecular weight excluding hydrogens is 286 g/mol. The van der Waals surface area contributed by atoms with E-state index in [9.17, 15) is 0 Å². The Hall–Kier alpha value is -2.14. The van der Waals surface area contributed by atoms with Crippen molar-refractivity contribution in [3.8, 4) is 0 Å². The van der Waals surface area contributed by atoms with Crippen LogP contribution >= 0.6 is 0 Å². The van der Waals surface area contributed by atoms with Crippen LogP contribution in [0.1, 0.15) is 24.0 Å². The van der Waals surface area contributed by atoms with Gasteiger partial charge in [-0.1, -0.05) is 0 Å². The predicted molar refractivity (Wildman–Crippen MR) is 91.0 cm³/mol. The number of likely N-dealkylation sites (tertiary alicyclic amines) is 1. The van der Waals surface area contributed by atoms with Crippen LogP contribution in [0.25, 0.3) is 11.0 Å². The maximum Gasteiger partial charge on any atom is 0.137 e. The SMILES string of the molecule is Cn1cc(CN2CCC[C@H](Cc3cnc4[nH]ccc4c3)C2)cn1. The van der Waals surface area contributed by atoms with E-state index in [0.717, 1.165) is 24.5 Å². The summed E-state index contributed by atoms with van der Waals surface area (Å²) in [4.78, 5) is 10.2. The van der Waals surface area contributed by atoms with Crippen molar-refractivity contribution in [1.29, 1.82) is 0 Å². The van der Waals surface area contributed by atoms with Crippen molar-refractivity contribution in [2.75, 3.05) is 13.1 Å². The van der Waals surface area contributed by atoms with Crippen LogP contribution in [0.15, 0.2) is 36.9 Å². The predicted octanol–water partition coefficient (Wildman–Crippen LogP) is 2.75. The quantitative estimate of drug-likeness (QED) is 0.806. The molecule has 0 radical (unpaired) electrons. The number of aryl methyl sites for hydroxylation is 1. The number of rotatable bonds is 4. The Kier molecular flexibility index (Phi) is 3.87. The first-order valence-electron chi connectivity index (χ1n) is 8.38. The van der Waals surface area contributed by atoms with Gasteiger partial charge in [0.25, 0.3) is 0 Å². The topological polar surface area (TPSA) is 49.7 Å². The van der Waals surface area contributed by atoms with E-state index in [1.807, 2.05) is 30.3 Å². The molecule has 1 aliphatic heterocycles. The zero-order valence-corrected chi connectivity index (χ0v) is 13.6. The van der Waals surface area contributed by atoms with Gasteiger partial charge in [-0.15, -0.1) is 0 Å². The van der Waals surface area contributed by atoms with Gasteiger partial charge in [0.15, 0.2) is 0 Å². The molecule has 1 N–H and O–H groups in total. The standard InChI is InChI=1S/C18H23N5/c1-22-11-16(10-21-22)13-23-6-2-3-14(12-23)7-15-8-17-4-5-19-18(17)20-9-15/h4-5,8-11,14H,2-3,6-7,12-13H2,1H3,(H,19,20)/t14-/m1/s1. The smallest absolute Gasteiger partial charge is 0.137 e. The number of hydrogen-bond donors (Lipinski definition) is 1. The van der Waals surface area contributed by atoms with Crippen LogP contribution in [0.4, 0.5) is 0 Å². The summed E-state index contributed by atoms with van der Waals surface area (Å²) in [7, 11) is 1.98. The fourth-order valence-corrected chi connectivity index (χ4v) is 3.70. The van der Waals surface area contributed by atoms with Gasteiger partial charge >= 0.3 is 0 Å². The van der Waals surface area contributed by atoms with Crippen molar-refractivity contribution in [2.45, 2.75) is 25.8 Å². The Morgan fingerprint density at radius 1 is 1.30 bits per heavy atom. The molecule has 1 saturated heterocycles. The molecule has 0 amide bonds. The van der Waals surface area contributed by atoms with Crippen molar-refractivity contribution in [2.24, 2.45) is 13.0 Å². The highest BCUT2D eigenvalue weighted by Crippen LogP contribution is 2.23. The summed E-state index contributed by atoms with van der Waals surface area (Å²) in [5.41, 5.74) is 3.64. The molecule has 1 aliphatic rings. The lowest BCUT2D eigenvalue weighted by Gasteiger charge is -2.32. The third-order valence-electron chi connectivity index (χ3n) is 4.75. The lowest BCUT2D eigenvalue weighted by Crippen LogP contribution is -2.35. The van der Waals surface area contributed by atoms with Crippen LogP contribution in [-0.2, 0) is 20.0 Å². The van der Waals surface area contributed by atoms with Crippen molar-refractivity contribution >= 4 is 11.0 Å². The van der Waals surface area contributed by atoms with E-state index >= 15 is 0 Å². The number of fused-ring (bicyclic) bond motifs is 1. The number of piperidine rings is 1. The molecule has 5 heteroatoms. The maximum atomic E-state index is 4.52. The first kappa shape index (κ1) is 14.5. The molecule has 3 aromatic heterocycles. The minimum absolute atomic E-state index is 0.721. The van der Waals surface area contributed by atoms with Gasteiger partial charge < -0.3 is 4.98 Å². The summed E-state index contributed by atoms with van der Waals surface area (Å²) < 4.78 is 1.88. The van der Waals surface area contributed by atoms with E-state index in [1.165, 1.54) is 42.4 Å². The molecule has 120 valence electrons. The molecule has 1 atom stereocenters. The lowest BCUT2D eigenvalue weighted by molar-refractivity contribution is 0.167. The summed E-state index contributed by atoms with van der Waals surface area (Å²) in [6, 6.07) is 4.38. The fourth-order valence-electron chi connectivity index (χ4n) is 3.70. The number of aromatic nitrogens is 4. The molecule has 0 bridgehead atoms. The van der Waals surface area contributed by atoms with Crippen LogP contribution < -0.4 is 0 Å². The van der Waals surface area contributed by atoms with Crippen LogP contribution in [0, 0.1) is 5.92 Å². The highest BCUT2D eigenvalue weighted by Gasteiger charge is 2.20. The van der Waals surface area contributed by atoms with Gasteiger partial charge in [-0.25, -0.2) is 4.98 Å². The van der Waals surface area contributed by atoms with E-state index < -0.39 is 0 Å². The third kappa shape index (κ3) is 3.29. The van der Waals surface area contributed by atoms with Crippen LogP contribution in [0.5, 0.6) is 0 Å². The fraction of sp³-hybridized carbons (Fsp3) is 0.444. The summed E-state index contributed by atoms with van der Waals surface area (Å²) >= 11 is 0. The van der Waals surface area contributed by atoms with E-state index in [2.05, 4.69) is 38.3 Å². The highest BCUT2D eigenvalue weighted by atomic mass is 15.2. The second-order valence-corrected chi connectivity index (χ2v) is 6.73. The molecule has 0 unspecified atom stereocenters. The minimum Gasteiger partial charge on any atom is -0.346 e. The Morgan fingerprint density at radius 2 is 2.26 bits per heavy atom. The van der Waals surface area contributed by atoms with Crippen molar-refractivity contribution in [3.63, 3.8) is 0 Å². The summed E-state index contributed by atoms with van der Waals surface area (Å²) in [5.74, 6) is 0.721. The van der Waals surface area contributed by atoms with Crippen LogP contribution in [-0.4, -0.2) is 37.7 Å². The first-order chi connectivity index (χ1) is 11.3. The molecular formula is C18H23N5. The normalized spacial score (nSPS) is 19.4. The van der Waals surface area contributed by atoms with Crippen molar-refractivity contribution in [1.82, 2.24) is 24.6 Å². The van der Waals surface area contributed by atoms with Gasteiger partial charge in [0.2, 0.25) is 0 Å². The van der Waals surface area contributed by atoms with Gasteiger partial charge in [-0.3, -0.25) is 9.58 Å². The number of nitrogens with zero attached hydrogens (tertiary/aromatic N) is 4. The molecule has 3 aromatic rings. The molecule has 0 aromatic carbocycles. The number of aromatic amines is 1. The first-order valence-corrected chi connectivity index (χ1v) is 8.38. The number of H-pyrrole nitrogens is 1. The third-order valence-corrected chi connectivity index (χ3v) is 4.75. The number of nitrogens with one attached hydrogen (secondary N) is 1. The van der Waals surface area contributed by atoms with Gasteiger partial charge in [-0.05, 0) is 49.4 Å².